The van der Waals surface area contributed by atoms with Gasteiger partial charge in [0.1, 0.15) is 5.69 Å². The van der Waals surface area contributed by atoms with Crippen molar-refractivity contribution in [1.29, 1.82) is 0 Å². The number of H-pyrrole nitrogens is 1. The number of carbonyl (C=O) groups excluding carboxylic acids is 2. The molecule has 0 unspecified atom stereocenters. The standard InChI is InChI=1S/C13H13N3O3/c1-8-7-14-16-11(8)12(17)15-10-5-3-4-9(6-10)13(18)19-2/h3-7H,1-2H3,(H,14,16)(H,15,17). The molecule has 0 spiro atoms. The van der Waals surface area contributed by atoms with Gasteiger partial charge in [0.05, 0.1) is 18.9 Å². The zero-order valence-electron chi connectivity index (χ0n) is 10.6. The molecule has 98 valence electrons. The summed E-state index contributed by atoms with van der Waals surface area (Å²) in [4.78, 5) is 23.3. The fourth-order valence-corrected chi connectivity index (χ4v) is 1.61. The zero-order chi connectivity index (χ0) is 13.8. The van der Waals surface area contributed by atoms with Gasteiger partial charge < -0.3 is 10.1 Å². The van der Waals surface area contributed by atoms with Crippen molar-refractivity contribution < 1.29 is 14.3 Å². The maximum Gasteiger partial charge on any atom is 0.337 e. The van der Waals surface area contributed by atoms with E-state index < -0.39 is 5.97 Å². The molecule has 1 aromatic heterocycles. The molecule has 0 radical (unpaired) electrons. The van der Waals surface area contributed by atoms with Crippen molar-refractivity contribution in [3.05, 3.63) is 47.3 Å². The molecule has 19 heavy (non-hydrogen) atoms. The molecule has 2 rings (SSSR count). The minimum atomic E-state index is -0.450. The third-order valence-corrected chi connectivity index (χ3v) is 2.60. The predicted octanol–water partition coefficient (Wildman–Crippen LogP) is 1.76. The Bertz CT molecular complexity index is 619. The van der Waals surface area contributed by atoms with Crippen molar-refractivity contribution in [2.45, 2.75) is 6.92 Å². The van der Waals surface area contributed by atoms with Crippen LogP contribution >= 0.6 is 0 Å². The van der Waals surface area contributed by atoms with E-state index in [1.54, 1.807) is 37.4 Å². The summed E-state index contributed by atoms with van der Waals surface area (Å²) in [6.45, 7) is 1.78. The van der Waals surface area contributed by atoms with Crippen LogP contribution in [0.3, 0.4) is 0 Å². The van der Waals surface area contributed by atoms with Crippen LogP contribution in [0, 0.1) is 6.92 Å². The van der Waals surface area contributed by atoms with Gasteiger partial charge in [0.25, 0.3) is 5.91 Å². The second-order valence-electron chi connectivity index (χ2n) is 3.95. The third-order valence-electron chi connectivity index (χ3n) is 2.60. The second-order valence-corrected chi connectivity index (χ2v) is 3.95. The highest BCUT2D eigenvalue weighted by Crippen LogP contribution is 2.13. The quantitative estimate of drug-likeness (QED) is 0.822. The minimum Gasteiger partial charge on any atom is -0.465 e. The van der Waals surface area contributed by atoms with E-state index in [4.69, 9.17) is 0 Å². The number of aryl methyl sites for hydroxylation is 1. The number of anilines is 1. The third kappa shape index (κ3) is 2.79. The molecule has 6 heteroatoms. The highest BCUT2D eigenvalue weighted by atomic mass is 16.5. The van der Waals surface area contributed by atoms with Crippen LogP contribution in [0.5, 0.6) is 0 Å². The first-order valence-corrected chi connectivity index (χ1v) is 5.61. The molecule has 0 saturated heterocycles. The van der Waals surface area contributed by atoms with Crippen molar-refractivity contribution in [2.75, 3.05) is 12.4 Å². The molecule has 0 saturated carbocycles. The molecule has 0 fully saturated rings. The highest BCUT2D eigenvalue weighted by Gasteiger charge is 2.12. The van der Waals surface area contributed by atoms with E-state index in [9.17, 15) is 9.59 Å². The number of nitrogens with zero attached hydrogens (tertiary/aromatic N) is 1. The smallest absolute Gasteiger partial charge is 0.337 e. The molecule has 0 aliphatic heterocycles. The van der Waals surface area contributed by atoms with Crippen molar-refractivity contribution >= 4 is 17.6 Å². The Labute approximate surface area is 109 Å². The Morgan fingerprint density at radius 3 is 2.79 bits per heavy atom. The second kappa shape index (κ2) is 5.34. The van der Waals surface area contributed by atoms with Gasteiger partial charge >= 0.3 is 5.97 Å². The molecule has 0 atom stereocenters. The first-order valence-electron chi connectivity index (χ1n) is 5.61. The van der Waals surface area contributed by atoms with Crippen LogP contribution in [-0.4, -0.2) is 29.2 Å². The van der Waals surface area contributed by atoms with Crippen LogP contribution in [-0.2, 0) is 4.74 Å². The predicted molar refractivity (Wildman–Crippen MR) is 69.1 cm³/mol. The first-order chi connectivity index (χ1) is 9.11. The Morgan fingerprint density at radius 1 is 1.37 bits per heavy atom. The van der Waals surface area contributed by atoms with Gasteiger partial charge in [-0.2, -0.15) is 5.10 Å². The van der Waals surface area contributed by atoms with Crippen molar-refractivity contribution in [1.82, 2.24) is 10.2 Å². The zero-order valence-corrected chi connectivity index (χ0v) is 10.6. The van der Waals surface area contributed by atoms with E-state index in [1.165, 1.54) is 7.11 Å². The lowest BCUT2D eigenvalue weighted by atomic mass is 10.2. The summed E-state index contributed by atoms with van der Waals surface area (Å²) >= 11 is 0. The van der Waals surface area contributed by atoms with Crippen molar-refractivity contribution in [2.24, 2.45) is 0 Å². The van der Waals surface area contributed by atoms with E-state index in [-0.39, 0.29) is 5.91 Å². The maximum atomic E-state index is 11.9. The molecule has 6 nitrogen and oxygen atoms in total. The van der Waals surface area contributed by atoms with Crippen LogP contribution in [0.4, 0.5) is 5.69 Å². The van der Waals surface area contributed by atoms with Gasteiger partial charge in [-0.05, 0) is 30.7 Å². The molecule has 1 aromatic carbocycles. The largest absolute Gasteiger partial charge is 0.465 e. The fourth-order valence-electron chi connectivity index (χ4n) is 1.61. The Balaban J connectivity index is 2.18. The molecule has 0 aliphatic carbocycles. The lowest BCUT2D eigenvalue weighted by Gasteiger charge is -2.06. The highest BCUT2D eigenvalue weighted by molar-refractivity contribution is 6.04. The monoisotopic (exact) mass is 259 g/mol. The van der Waals surface area contributed by atoms with E-state index in [0.717, 1.165) is 5.56 Å². The Morgan fingerprint density at radius 2 is 2.16 bits per heavy atom. The number of benzene rings is 1. The number of aromatic nitrogens is 2. The molecule has 1 heterocycles. The van der Waals surface area contributed by atoms with E-state index in [0.29, 0.717) is 16.9 Å². The van der Waals surface area contributed by atoms with Crippen molar-refractivity contribution in [3.8, 4) is 0 Å². The molecule has 0 aliphatic rings. The van der Waals surface area contributed by atoms with Gasteiger partial charge in [0, 0.05) is 5.69 Å². The van der Waals surface area contributed by atoms with Crippen LogP contribution in [0.15, 0.2) is 30.5 Å². The van der Waals surface area contributed by atoms with Gasteiger partial charge in [0.2, 0.25) is 0 Å². The van der Waals surface area contributed by atoms with Crippen molar-refractivity contribution in [3.63, 3.8) is 0 Å². The lowest BCUT2D eigenvalue weighted by Crippen LogP contribution is -2.14. The molecule has 0 bridgehead atoms. The normalized spacial score (nSPS) is 10.0. The van der Waals surface area contributed by atoms with Gasteiger partial charge in [0.15, 0.2) is 0 Å². The summed E-state index contributed by atoms with van der Waals surface area (Å²) in [5, 5.41) is 9.09. The number of methoxy groups -OCH3 is 1. The minimum absolute atomic E-state index is 0.308. The summed E-state index contributed by atoms with van der Waals surface area (Å²) in [6.07, 6.45) is 1.57. The van der Waals surface area contributed by atoms with Crippen LogP contribution < -0.4 is 5.32 Å². The summed E-state index contributed by atoms with van der Waals surface area (Å²) in [5.41, 5.74) is 2.04. The topological polar surface area (TPSA) is 84.1 Å². The summed E-state index contributed by atoms with van der Waals surface area (Å²) < 4.78 is 4.62. The SMILES string of the molecule is COC(=O)c1cccc(NC(=O)c2[nH]ncc2C)c1. The van der Waals surface area contributed by atoms with E-state index in [1.807, 2.05) is 0 Å². The first kappa shape index (κ1) is 12.8. The maximum absolute atomic E-state index is 11.9. The molecular formula is C13H13N3O3. The average Bonchev–Trinajstić information content (AvgIpc) is 2.84. The number of aromatic amines is 1. The fraction of sp³-hybridized carbons (Fsp3) is 0.154. The number of nitrogens with one attached hydrogen (secondary N) is 2. The number of hydrogen-bond donors (Lipinski definition) is 2. The number of ether oxygens (including phenoxy) is 1. The number of carbonyl (C=O) groups is 2. The van der Waals surface area contributed by atoms with Crippen LogP contribution in [0.2, 0.25) is 0 Å². The van der Waals surface area contributed by atoms with Gasteiger partial charge in [-0.1, -0.05) is 6.07 Å². The molecular weight excluding hydrogens is 246 g/mol. The molecule has 2 aromatic rings. The van der Waals surface area contributed by atoms with E-state index in [2.05, 4.69) is 20.3 Å². The van der Waals surface area contributed by atoms with Gasteiger partial charge in [-0.15, -0.1) is 0 Å². The number of rotatable bonds is 3. The number of hydrogen-bond acceptors (Lipinski definition) is 4. The van der Waals surface area contributed by atoms with Crippen LogP contribution in [0.25, 0.3) is 0 Å². The summed E-state index contributed by atoms with van der Waals surface area (Å²) in [5.74, 6) is -0.758. The number of amides is 1. The Hall–Kier alpha value is -2.63. The number of esters is 1. The van der Waals surface area contributed by atoms with Crippen LogP contribution in [0.1, 0.15) is 26.4 Å². The van der Waals surface area contributed by atoms with Gasteiger partial charge in [-0.3, -0.25) is 9.89 Å². The average molecular weight is 259 g/mol. The van der Waals surface area contributed by atoms with Gasteiger partial charge in [-0.25, -0.2) is 4.79 Å². The summed E-state index contributed by atoms with van der Waals surface area (Å²) in [7, 11) is 1.31. The summed E-state index contributed by atoms with van der Waals surface area (Å²) in [6, 6.07) is 6.52. The van der Waals surface area contributed by atoms with E-state index >= 15 is 0 Å². The molecule has 2 N–H and O–H groups in total. The molecule has 1 amide bonds. The Kier molecular flexibility index (Phi) is 3.61. The lowest BCUT2D eigenvalue weighted by molar-refractivity contribution is 0.0600.